The number of nitrogens with zero attached hydrogens (tertiary/aromatic N) is 1. The van der Waals surface area contributed by atoms with Gasteiger partial charge in [-0.15, -0.1) is 11.8 Å². The van der Waals surface area contributed by atoms with Crippen molar-refractivity contribution in [2.45, 2.75) is 16.7 Å². The van der Waals surface area contributed by atoms with Gasteiger partial charge >= 0.3 is 0 Å². The molecular formula is C18H21N3O4S2. The van der Waals surface area contributed by atoms with E-state index in [1.807, 2.05) is 18.4 Å². The second-order valence-corrected chi connectivity index (χ2v) is 8.74. The van der Waals surface area contributed by atoms with Crippen LogP contribution in [0.15, 0.2) is 52.3 Å². The Morgan fingerprint density at radius 3 is 2.48 bits per heavy atom. The van der Waals surface area contributed by atoms with Crippen molar-refractivity contribution in [3.63, 3.8) is 0 Å². The molecule has 0 spiro atoms. The second kappa shape index (κ2) is 8.55. The highest BCUT2D eigenvalue weighted by Crippen LogP contribution is 2.24. The van der Waals surface area contributed by atoms with E-state index < -0.39 is 21.8 Å². The molecule has 0 unspecified atom stereocenters. The standard InChI is InChI=1S/C18H21N3O4S2/c1-12-8-9-13(10-14(12)18(19)23)27(24,25)21(2)11-17(22)20-15-6-4-5-7-16(15)26-3/h4-10H,11H2,1-3H3,(H2,19,23)(H,20,22). The Kier molecular flexibility index (Phi) is 6.63. The highest BCUT2D eigenvalue weighted by atomic mass is 32.2. The predicted octanol–water partition coefficient (Wildman–Crippen LogP) is 2.08. The fourth-order valence-electron chi connectivity index (χ4n) is 2.43. The van der Waals surface area contributed by atoms with Crippen LogP contribution < -0.4 is 11.1 Å². The van der Waals surface area contributed by atoms with Crippen LogP contribution in [0.3, 0.4) is 0 Å². The largest absolute Gasteiger partial charge is 0.366 e. The molecule has 2 aromatic rings. The third kappa shape index (κ3) is 4.88. The fraction of sp³-hybridized carbons (Fsp3) is 0.222. The van der Waals surface area contributed by atoms with Gasteiger partial charge < -0.3 is 11.1 Å². The normalized spacial score (nSPS) is 11.4. The van der Waals surface area contributed by atoms with Crippen LogP contribution in [-0.2, 0) is 14.8 Å². The maximum Gasteiger partial charge on any atom is 0.249 e. The molecule has 2 rings (SSSR count). The van der Waals surface area contributed by atoms with Gasteiger partial charge in [0, 0.05) is 17.5 Å². The first-order valence-electron chi connectivity index (χ1n) is 7.96. The zero-order valence-electron chi connectivity index (χ0n) is 15.2. The summed E-state index contributed by atoms with van der Waals surface area (Å²) in [6.45, 7) is 1.29. The highest BCUT2D eigenvalue weighted by molar-refractivity contribution is 7.98. The van der Waals surface area contributed by atoms with Gasteiger partial charge in [-0.25, -0.2) is 8.42 Å². The molecular weight excluding hydrogens is 386 g/mol. The first-order chi connectivity index (χ1) is 12.7. The lowest BCUT2D eigenvalue weighted by molar-refractivity contribution is -0.116. The topological polar surface area (TPSA) is 110 Å². The van der Waals surface area contributed by atoms with E-state index >= 15 is 0 Å². The summed E-state index contributed by atoms with van der Waals surface area (Å²) in [6.07, 6.45) is 1.88. The van der Waals surface area contributed by atoms with E-state index in [1.165, 1.54) is 37.0 Å². The minimum Gasteiger partial charge on any atom is -0.366 e. The number of sulfonamides is 1. The van der Waals surface area contributed by atoms with Crippen LogP contribution in [-0.4, -0.2) is 44.4 Å². The number of carbonyl (C=O) groups excluding carboxylic acids is 2. The van der Waals surface area contributed by atoms with E-state index in [0.717, 1.165) is 9.20 Å². The lowest BCUT2D eigenvalue weighted by atomic mass is 10.1. The van der Waals surface area contributed by atoms with E-state index in [-0.39, 0.29) is 17.0 Å². The first kappa shape index (κ1) is 20.9. The highest BCUT2D eigenvalue weighted by Gasteiger charge is 2.24. The number of carbonyl (C=O) groups is 2. The number of para-hydroxylation sites is 1. The minimum atomic E-state index is -3.96. The summed E-state index contributed by atoms with van der Waals surface area (Å²) >= 11 is 1.47. The number of amides is 2. The Labute approximate surface area is 163 Å². The van der Waals surface area contributed by atoms with Crippen molar-refractivity contribution in [3.8, 4) is 0 Å². The van der Waals surface area contributed by atoms with Crippen molar-refractivity contribution in [2.75, 3.05) is 25.2 Å². The molecule has 0 fully saturated rings. The van der Waals surface area contributed by atoms with Crippen LogP contribution in [0.1, 0.15) is 15.9 Å². The van der Waals surface area contributed by atoms with E-state index in [2.05, 4.69) is 5.32 Å². The summed E-state index contributed by atoms with van der Waals surface area (Å²) in [5.41, 5.74) is 6.61. The number of hydrogen-bond acceptors (Lipinski definition) is 5. The second-order valence-electron chi connectivity index (χ2n) is 5.85. The Hall–Kier alpha value is -2.36. The van der Waals surface area contributed by atoms with Crippen molar-refractivity contribution in [1.82, 2.24) is 4.31 Å². The molecule has 0 bridgehead atoms. The molecule has 0 aliphatic rings. The third-order valence-corrected chi connectivity index (χ3v) is 6.53. The van der Waals surface area contributed by atoms with Gasteiger partial charge in [0.15, 0.2) is 0 Å². The van der Waals surface area contributed by atoms with Crippen LogP contribution in [0, 0.1) is 6.92 Å². The number of rotatable bonds is 7. The zero-order valence-corrected chi connectivity index (χ0v) is 16.9. The number of anilines is 1. The van der Waals surface area contributed by atoms with Crippen LogP contribution in [0.5, 0.6) is 0 Å². The molecule has 0 aliphatic heterocycles. The van der Waals surface area contributed by atoms with Gasteiger partial charge in [0.05, 0.1) is 17.1 Å². The quantitative estimate of drug-likeness (QED) is 0.683. The van der Waals surface area contributed by atoms with E-state index in [1.54, 1.807) is 19.1 Å². The van der Waals surface area contributed by atoms with Crippen LogP contribution in [0.25, 0.3) is 0 Å². The van der Waals surface area contributed by atoms with Gasteiger partial charge in [0.25, 0.3) is 0 Å². The number of nitrogens with two attached hydrogens (primary N) is 1. The Bertz CT molecular complexity index is 974. The number of hydrogen-bond donors (Lipinski definition) is 2. The van der Waals surface area contributed by atoms with E-state index in [4.69, 9.17) is 5.73 Å². The average molecular weight is 408 g/mol. The maximum absolute atomic E-state index is 12.7. The molecule has 0 heterocycles. The molecule has 0 saturated carbocycles. The molecule has 144 valence electrons. The molecule has 0 radical (unpaired) electrons. The van der Waals surface area contributed by atoms with E-state index in [0.29, 0.717) is 11.3 Å². The lowest BCUT2D eigenvalue weighted by Gasteiger charge is -2.18. The smallest absolute Gasteiger partial charge is 0.249 e. The van der Waals surface area contributed by atoms with Gasteiger partial charge in [-0.05, 0) is 43.0 Å². The van der Waals surface area contributed by atoms with Gasteiger partial charge in [-0.2, -0.15) is 4.31 Å². The average Bonchev–Trinajstić information content (AvgIpc) is 2.61. The van der Waals surface area contributed by atoms with Crippen molar-refractivity contribution >= 4 is 39.3 Å². The maximum atomic E-state index is 12.7. The number of primary amides is 1. The van der Waals surface area contributed by atoms with Crippen molar-refractivity contribution in [2.24, 2.45) is 5.73 Å². The summed E-state index contributed by atoms with van der Waals surface area (Å²) in [7, 11) is -2.65. The molecule has 0 atom stereocenters. The Balaban J connectivity index is 2.19. The third-order valence-electron chi connectivity index (χ3n) is 3.93. The van der Waals surface area contributed by atoms with Gasteiger partial charge in [-0.3, -0.25) is 9.59 Å². The number of likely N-dealkylation sites (N-methyl/N-ethyl adjacent to an activating group) is 1. The predicted molar refractivity (Wildman–Crippen MR) is 106 cm³/mol. The van der Waals surface area contributed by atoms with Crippen LogP contribution >= 0.6 is 11.8 Å². The van der Waals surface area contributed by atoms with E-state index in [9.17, 15) is 18.0 Å². The number of aryl methyl sites for hydroxylation is 1. The Morgan fingerprint density at radius 1 is 1.19 bits per heavy atom. The van der Waals surface area contributed by atoms with Crippen molar-refractivity contribution in [1.29, 1.82) is 0 Å². The van der Waals surface area contributed by atoms with Crippen molar-refractivity contribution < 1.29 is 18.0 Å². The van der Waals surface area contributed by atoms with Crippen LogP contribution in [0.2, 0.25) is 0 Å². The molecule has 0 aliphatic carbocycles. The fourth-order valence-corrected chi connectivity index (χ4v) is 4.14. The number of thioether (sulfide) groups is 1. The summed E-state index contributed by atoms with van der Waals surface area (Å²) in [5.74, 6) is -1.18. The summed E-state index contributed by atoms with van der Waals surface area (Å²) in [6, 6.07) is 11.4. The Morgan fingerprint density at radius 2 is 1.85 bits per heavy atom. The SMILES string of the molecule is CSc1ccccc1NC(=O)CN(C)S(=O)(=O)c1ccc(C)c(C(N)=O)c1. The lowest BCUT2D eigenvalue weighted by Crippen LogP contribution is -2.35. The van der Waals surface area contributed by atoms with Crippen LogP contribution in [0.4, 0.5) is 5.69 Å². The molecule has 27 heavy (non-hydrogen) atoms. The molecule has 2 amide bonds. The first-order valence-corrected chi connectivity index (χ1v) is 10.6. The molecule has 2 aromatic carbocycles. The zero-order chi connectivity index (χ0) is 20.2. The number of nitrogens with one attached hydrogen (secondary N) is 1. The molecule has 7 nitrogen and oxygen atoms in total. The summed E-state index contributed by atoms with van der Waals surface area (Å²) in [5, 5.41) is 2.71. The van der Waals surface area contributed by atoms with Gasteiger partial charge in [0.2, 0.25) is 21.8 Å². The summed E-state index contributed by atoms with van der Waals surface area (Å²) < 4.78 is 26.4. The molecule has 9 heteroatoms. The monoisotopic (exact) mass is 407 g/mol. The molecule has 3 N–H and O–H groups in total. The minimum absolute atomic E-state index is 0.0956. The van der Waals surface area contributed by atoms with Gasteiger partial charge in [0.1, 0.15) is 0 Å². The van der Waals surface area contributed by atoms with Crippen molar-refractivity contribution in [3.05, 3.63) is 53.6 Å². The van der Waals surface area contributed by atoms with Gasteiger partial charge in [-0.1, -0.05) is 18.2 Å². The number of benzene rings is 2. The molecule has 0 aromatic heterocycles. The summed E-state index contributed by atoms with van der Waals surface area (Å²) in [4.78, 5) is 24.5. The molecule has 0 saturated heterocycles.